The molecule has 0 aromatic heterocycles. The van der Waals surface area contributed by atoms with Crippen molar-refractivity contribution in [3.63, 3.8) is 0 Å². The first-order valence-electron chi connectivity index (χ1n) is 5.94. The molecule has 0 amide bonds. The van der Waals surface area contributed by atoms with Crippen molar-refractivity contribution >= 4 is 5.69 Å². The molecule has 0 aliphatic heterocycles. The van der Waals surface area contributed by atoms with Crippen LogP contribution in [0.4, 0.5) is 5.69 Å². The number of hydrogen-bond donors (Lipinski definition) is 1. The van der Waals surface area contributed by atoms with Gasteiger partial charge in [0.15, 0.2) is 0 Å². The topological polar surface area (TPSA) is 39.7 Å². The van der Waals surface area contributed by atoms with Gasteiger partial charge in [-0.2, -0.15) is 0 Å². The minimum Gasteiger partial charge on any atom is -0.494 e. The highest BCUT2D eigenvalue weighted by atomic mass is 16.5. The fourth-order valence-corrected chi connectivity index (χ4v) is 1.47. The largest absolute Gasteiger partial charge is 0.494 e. The third-order valence-electron chi connectivity index (χ3n) is 2.18. The van der Waals surface area contributed by atoms with Gasteiger partial charge < -0.3 is 19.5 Å². The normalized spacial score (nSPS) is 10.1. The van der Waals surface area contributed by atoms with Crippen molar-refractivity contribution in [2.45, 2.75) is 13.8 Å². The van der Waals surface area contributed by atoms with E-state index in [1.165, 1.54) is 0 Å². The van der Waals surface area contributed by atoms with E-state index in [9.17, 15) is 0 Å². The molecule has 0 radical (unpaired) electrons. The summed E-state index contributed by atoms with van der Waals surface area (Å²) in [4.78, 5) is 0. The van der Waals surface area contributed by atoms with Crippen LogP contribution in [0.2, 0.25) is 0 Å². The summed E-state index contributed by atoms with van der Waals surface area (Å²) in [6, 6.07) is 5.78. The fraction of sp³-hybridized carbons (Fsp3) is 0.538. The summed E-state index contributed by atoms with van der Waals surface area (Å²) >= 11 is 0. The number of rotatable bonds is 8. The lowest BCUT2D eigenvalue weighted by atomic mass is 10.2. The lowest BCUT2D eigenvalue weighted by Crippen LogP contribution is -2.09. The van der Waals surface area contributed by atoms with Gasteiger partial charge >= 0.3 is 0 Å². The van der Waals surface area contributed by atoms with E-state index >= 15 is 0 Å². The van der Waals surface area contributed by atoms with Crippen LogP contribution in [0, 0.1) is 0 Å². The van der Waals surface area contributed by atoms with E-state index in [2.05, 4.69) is 5.32 Å². The van der Waals surface area contributed by atoms with E-state index in [4.69, 9.17) is 14.2 Å². The highest BCUT2D eigenvalue weighted by Crippen LogP contribution is 2.29. The summed E-state index contributed by atoms with van der Waals surface area (Å²) in [6.45, 7) is 6.64. The highest BCUT2D eigenvalue weighted by Gasteiger charge is 2.05. The number of methoxy groups -OCH3 is 1. The van der Waals surface area contributed by atoms with E-state index in [0.29, 0.717) is 19.8 Å². The van der Waals surface area contributed by atoms with E-state index in [-0.39, 0.29) is 0 Å². The number of nitrogens with one attached hydrogen (secondary N) is 1. The molecule has 1 rings (SSSR count). The summed E-state index contributed by atoms with van der Waals surface area (Å²) in [7, 11) is 1.68. The number of ether oxygens (including phenoxy) is 3. The monoisotopic (exact) mass is 239 g/mol. The second kappa shape index (κ2) is 7.79. The zero-order chi connectivity index (χ0) is 12.5. The molecule has 0 heterocycles. The molecule has 0 bridgehead atoms. The van der Waals surface area contributed by atoms with Crippen LogP contribution in [0.15, 0.2) is 18.2 Å². The molecule has 0 spiro atoms. The zero-order valence-corrected chi connectivity index (χ0v) is 10.8. The summed E-state index contributed by atoms with van der Waals surface area (Å²) in [5.41, 5.74) is 0.940. The molecule has 0 unspecified atom stereocenters. The predicted octanol–water partition coefficient (Wildman–Crippen LogP) is 2.54. The minimum absolute atomic E-state index is 0.646. The summed E-state index contributed by atoms with van der Waals surface area (Å²) in [5, 5.41) is 3.27. The summed E-state index contributed by atoms with van der Waals surface area (Å²) in [6.07, 6.45) is 0. The maximum absolute atomic E-state index is 5.54. The Morgan fingerprint density at radius 1 is 1.12 bits per heavy atom. The van der Waals surface area contributed by atoms with Gasteiger partial charge in [-0.1, -0.05) is 0 Å². The Kier molecular flexibility index (Phi) is 6.25. The first-order chi connectivity index (χ1) is 8.31. The Balaban J connectivity index is 2.74. The molecule has 4 heteroatoms. The third-order valence-corrected chi connectivity index (χ3v) is 2.18. The molecule has 1 N–H and O–H groups in total. The molecular formula is C13H21NO3. The van der Waals surface area contributed by atoms with Gasteiger partial charge in [-0.15, -0.1) is 0 Å². The van der Waals surface area contributed by atoms with E-state index < -0.39 is 0 Å². The van der Waals surface area contributed by atoms with Crippen LogP contribution in [0.5, 0.6) is 11.5 Å². The van der Waals surface area contributed by atoms with Crippen LogP contribution in [0.25, 0.3) is 0 Å². The number of benzene rings is 1. The molecular weight excluding hydrogens is 218 g/mol. The van der Waals surface area contributed by atoms with Crippen LogP contribution >= 0.6 is 0 Å². The van der Waals surface area contributed by atoms with Gasteiger partial charge in [0.05, 0.1) is 25.5 Å². The highest BCUT2D eigenvalue weighted by molar-refractivity contribution is 5.59. The second-order valence-electron chi connectivity index (χ2n) is 3.44. The van der Waals surface area contributed by atoms with E-state index in [0.717, 1.165) is 23.7 Å². The molecule has 1 aromatic carbocycles. The van der Waals surface area contributed by atoms with Crippen molar-refractivity contribution in [1.29, 1.82) is 0 Å². The van der Waals surface area contributed by atoms with Crippen LogP contribution < -0.4 is 14.8 Å². The van der Waals surface area contributed by atoms with Crippen molar-refractivity contribution in [2.75, 3.05) is 38.8 Å². The van der Waals surface area contributed by atoms with Gasteiger partial charge in [0.2, 0.25) is 0 Å². The molecule has 0 fully saturated rings. The van der Waals surface area contributed by atoms with E-state index in [1.807, 2.05) is 32.0 Å². The average molecular weight is 239 g/mol. The van der Waals surface area contributed by atoms with Crippen LogP contribution in [-0.4, -0.2) is 33.5 Å². The molecule has 17 heavy (non-hydrogen) atoms. The van der Waals surface area contributed by atoms with Gasteiger partial charge in [-0.05, 0) is 26.0 Å². The third kappa shape index (κ3) is 4.53. The molecule has 1 aromatic rings. The number of anilines is 1. The van der Waals surface area contributed by atoms with Crippen molar-refractivity contribution in [3.05, 3.63) is 18.2 Å². The van der Waals surface area contributed by atoms with Crippen LogP contribution in [-0.2, 0) is 4.74 Å². The smallest absolute Gasteiger partial charge is 0.142 e. The standard InChI is InChI=1S/C13H21NO3/c1-4-16-11-6-7-13(17-5-2)12(10-11)14-8-9-15-3/h6-7,10,14H,4-5,8-9H2,1-3H3. The second-order valence-corrected chi connectivity index (χ2v) is 3.44. The minimum atomic E-state index is 0.646. The fourth-order valence-electron chi connectivity index (χ4n) is 1.47. The van der Waals surface area contributed by atoms with Gasteiger partial charge in [-0.3, -0.25) is 0 Å². The Morgan fingerprint density at radius 2 is 1.88 bits per heavy atom. The van der Waals surface area contributed by atoms with Crippen molar-refractivity contribution in [1.82, 2.24) is 0 Å². The Hall–Kier alpha value is -1.42. The SMILES string of the molecule is CCOc1ccc(OCC)c(NCCOC)c1. The average Bonchev–Trinajstić information content (AvgIpc) is 2.33. The van der Waals surface area contributed by atoms with Gasteiger partial charge in [0, 0.05) is 19.7 Å². The first-order valence-corrected chi connectivity index (χ1v) is 5.94. The zero-order valence-electron chi connectivity index (χ0n) is 10.8. The number of hydrogen-bond acceptors (Lipinski definition) is 4. The summed E-state index contributed by atoms with van der Waals surface area (Å²) < 4.78 is 16.0. The molecule has 0 saturated carbocycles. The lowest BCUT2D eigenvalue weighted by Gasteiger charge is -2.14. The van der Waals surface area contributed by atoms with Crippen LogP contribution in [0.1, 0.15) is 13.8 Å². The molecule has 4 nitrogen and oxygen atoms in total. The molecule has 0 aliphatic rings. The van der Waals surface area contributed by atoms with Gasteiger partial charge in [0.1, 0.15) is 11.5 Å². The van der Waals surface area contributed by atoms with Crippen molar-refractivity contribution < 1.29 is 14.2 Å². The Labute approximate surface area is 103 Å². The quantitative estimate of drug-likeness (QED) is 0.708. The maximum Gasteiger partial charge on any atom is 0.142 e. The summed E-state index contributed by atoms with van der Waals surface area (Å²) in [5.74, 6) is 1.68. The first kappa shape index (κ1) is 13.6. The molecule has 96 valence electrons. The molecule has 0 saturated heterocycles. The lowest BCUT2D eigenvalue weighted by molar-refractivity contribution is 0.210. The van der Waals surface area contributed by atoms with Crippen molar-refractivity contribution in [3.8, 4) is 11.5 Å². The van der Waals surface area contributed by atoms with Crippen molar-refractivity contribution in [2.24, 2.45) is 0 Å². The van der Waals surface area contributed by atoms with Crippen LogP contribution in [0.3, 0.4) is 0 Å². The Morgan fingerprint density at radius 3 is 2.53 bits per heavy atom. The van der Waals surface area contributed by atoms with Gasteiger partial charge in [-0.25, -0.2) is 0 Å². The molecule has 0 aliphatic carbocycles. The molecule has 0 atom stereocenters. The Bertz CT molecular complexity index is 328. The maximum atomic E-state index is 5.54. The van der Waals surface area contributed by atoms with E-state index in [1.54, 1.807) is 7.11 Å². The predicted molar refractivity (Wildman–Crippen MR) is 69.1 cm³/mol. The van der Waals surface area contributed by atoms with Gasteiger partial charge in [0.25, 0.3) is 0 Å².